The van der Waals surface area contributed by atoms with E-state index < -0.39 is 0 Å². The Bertz CT molecular complexity index is 553. The molecule has 1 atom stereocenters. The number of nitrogens with one attached hydrogen (secondary N) is 1. The van der Waals surface area contributed by atoms with E-state index in [0.29, 0.717) is 0 Å². The number of ether oxygens (including phenoxy) is 1. The Morgan fingerprint density at radius 3 is 2.79 bits per heavy atom. The number of hydrazine groups is 1. The highest BCUT2D eigenvalue weighted by Crippen LogP contribution is 2.28. The zero-order chi connectivity index (χ0) is 13.8. The number of methoxy groups -OCH3 is 1. The minimum Gasteiger partial charge on any atom is -0.496 e. The largest absolute Gasteiger partial charge is 0.496 e. The van der Waals surface area contributed by atoms with Crippen molar-refractivity contribution in [1.29, 1.82) is 0 Å². The van der Waals surface area contributed by atoms with E-state index in [1.165, 1.54) is 5.56 Å². The maximum absolute atomic E-state index is 5.69. The number of benzene rings is 1. The molecule has 5 heteroatoms. The molecule has 4 nitrogen and oxygen atoms in total. The van der Waals surface area contributed by atoms with Gasteiger partial charge in [-0.15, -0.1) is 11.3 Å². The highest BCUT2D eigenvalue weighted by Gasteiger charge is 2.17. The van der Waals surface area contributed by atoms with E-state index >= 15 is 0 Å². The van der Waals surface area contributed by atoms with Crippen LogP contribution < -0.4 is 16.0 Å². The van der Waals surface area contributed by atoms with E-state index in [4.69, 9.17) is 10.6 Å². The number of aromatic nitrogens is 1. The molecule has 0 aliphatic heterocycles. The fourth-order valence-electron chi connectivity index (χ4n) is 2.04. The van der Waals surface area contributed by atoms with Crippen LogP contribution in [0, 0.1) is 13.8 Å². The first-order valence-electron chi connectivity index (χ1n) is 6.15. The summed E-state index contributed by atoms with van der Waals surface area (Å²) in [5.41, 5.74) is 6.13. The second-order valence-corrected chi connectivity index (χ2v) is 5.49. The first-order valence-corrected chi connectivity index (χ1v) is 7.03. The number of thiazole rings is 1. The van der Waals surface area contributed by atoms with Gasteiger partial charge in [0.15, 0.2) is 0 Å². The van der Waals surface area contributed by atoms with Crippen molar-refractivity contribution >= 4 is 11.3 Å². The molecular formula is C14H19N3OS. The van der Waals surface area contributed by atoms with E-state index in [0.717, 1.165) is 28.4 Å². The molecule has 0 bridgehead atoms. The Morgan fingerprint density at radius 2 is 2.21 bits per heavy atom. The molecule has 0 aliphatic carbocycles. The summed E-state index contributed by atoms with van der Waals surface area (Å²) in [6.45, 7) is 4.04. The van der Waals surface area contributed by atoms with Crippen LogP contribution in [0.5, 0.6) is 5.75 Å². The molecule has 1 heterocycles. The molecule has 0 spiro atoms. The summed E-state index contributed by atoms with van der Waals surface area (Å²) >= 11 is 1.66. The van der Waals surface area contributed by atoms with Crippen LogP contribution in [0.15, 0.2) is 23.6 Å². The van der Waals surface area contributed by atoms with Crippen molar-refractivity contribution in [1.82, 2.24) is 10.4 Å². The Morgan fingerprint density at radius 1 is 1.42 bits per heavy atom. The summed E-state index contributed by atoms with van der Waals surface area (Å²) in [5, 5.41) is 3.12. The van der Waals surface area contributed by atoms with E-state index in [1.807, 2.05) is 19.9 Å². The summed E-state index contributed by atoms with van der Waals surface area (Å²) < 4.78 is 5.44. The van der Waals surface area contributed by atoms with Crippen molar-refractivity contribution in [3.63, 3.8) is 0 Å². The first-order chi connectivity index (χ1) is 9.13. The van der Waals surface area contributed by atoms with E-state index in [1.54, 1.807) is 18.4 Å². The average molecular weight is 277 g/mol. The van der Waals surface area contributed by atoms with Crippen molar-refractivity contribution in [3.8, 4) is 5.75 Å². The normalized spacial score (nSPS) is 12.4. The molecule has 0 saturated heterocycles. The molecule has 0 fully saturated rings. The smallest absolute Gasteiger partial charge is 0.123 e. The molecular weight excluding hydrogens is 258 g/mol. The third-order valence-electron chi connectivity index (χ3n) is 3.01. The van der Waals surface area contributed by atoms with E-state index in [2.05, 4.69) is 27.9 Å². The number of nitrogens with two attached hydrogens (primary N) is 1. The fourth-order valence-corrected chi connectivity index (χ4v) is 2.85. The second-order valence-electron chi connectivity index (χ2n) is 4.55. The zero-order valence-electron chi connectivity index (χ0n) is 11.4. The third-order valence-corrected chi connectivity index (χ3v) is 4.00. The molecule has 1 unspecified atom stereocenters. The van der Waals surface area contributed by atoms with E-state index in [9.17, 15) is 0 Å². The summed E-state index contributed by atoms with van der Waals surface area (Å²) in [7, 11) is 1.68. The van der Waals surface area contributed by atoms with Gasteiger partial charge < -0.3 is 4.74 Å². The minimum absolute atomic E-state index is 0.00102. The van der Waals surface area contributed by atoms with Crippen molar-refractivity contribution in [2.75, 3.05) is 7.11 Å². The van der Waals surface area contributed by atoms with Gasteiger partial charge in [-0.3, -0.25) is 11.3 Å². The summed E-state index contributed by atoms with van der Waals surface area (Å²) in [5.74, 6) is 6.55. The number of aryl methyl sites for hydroxylation is 2. The van der Waals surface area contributed by atoms with Crippen molar-refractivity contribution < 1.29 is 4.74 Å². The number of nitrogens with zero attached hydrogens (tertiary/aromatic N) is 1. The van der Waals surface area contributed by atoms with Crippen molar-refractivity contribution in [2.45, 2.75) is 26.3 Å². The Labute approximate surface area is 117 Å². The fraction of sp³-hybridized carbons (Fsp3) is 0.357. The molecule has 1 aromatic heterocycles. The maximum atomic E-state index is 5.69. The maximum Gasteiger partial charge on any atom is 0.123 e. The van der Waals surface area contributed by atoms with Crippen LogP contribution in [0.3, 0.4) is 0 Å². The van der Waals surface area contributed by atoms with Gasteiger partial charge in [0.05, 0.1) is 18.2 Å². The minimum atomic E-state index is 0.00102. The van der Waals surface area contributed by atoms with Gasteiger partial charge >= 0.3 is 0 Å². The van der Waals surface area contributed by atoms with Gasteiger partial charge in [-0.1, -0.05) is 12.1 Å². The molecule has 19 heavy (non-hydrogen) atoms. The quantitative estimate of drug-likeness (QED) is 0.651. The highest BCUT2D eigenvalue weighted by molar-refractivity contribution is 7.09. The molecule has 102 valence electrons. The van der Waals surface area contributed by atoms with Crippen LogP contribution in [0.4, 0.5) is 0 Å². The van der Waals surface area contributed by atoms with Gasteiger partial charge in [-0.2, -0.15) is 0 Å². The zero-order valence-corrected chi connectivity index (χ0v) is 12.3. The van der Waals surface area contributed by atoms with Crippen LogP contribution in [-0.2, 0) is 6.42 Å². The molecule has 2 rings (SSSR count). The molecule has 0 saturated carbocycles. The number of rotatable bonds is 5. The lowest BCUT2D eigenvalue weighted by molar-refractivity contribution is 0.398. The first kappa shape index (κ1) is 14.0. The third kappa shape index (κ3) is 3.32. The lowest BCUT2D eigenvalue weighted by Gasteiger charge is -2.18. The average Bonchev–Trinajstić information content (AvgIpc) is 2.81. The number of hydrogen-bond donors (Lipinski definition) is 2. The highest BCUT2D eigenvalue weighted by atomic mass is 32.1. The van der Waals surface area contributed by atoms with Gasteiger partial charge in [0.25, 0.3) is 0 Å². The molecule has 0 amide bonds. The van der Waals surface area contributed by atoms with Gasteiger partial charge in [-0.25, -0.2) is 4.98 Å². The Kier molecular flexibility index (Phi) is 4.52. The molecule has 2 aromatic rings. The van der Waals surface area contributed by atoms with Gasteiger partial charge in [0.1, 0.15) is 5.75 Å². The predicted molar refractivity (Wildman–Crippen MR) is 78.4 cm³/mol. The molecule has 0 radical (unpaired) electrons. The van der Waals surface area contributed by atoms with Crippen LogP contribution in [0.1, 0.15) is 27.9 Å². The van der Waals surface area contributed by atoms with Gasteiger partial charge in [0, 0.05) is 23.1 Å². The van der Waals surface area contributed by atoms with Crippen molar-refractivity contribution in [2.24, 2.45) is 5.84 Å². The van der Waals surface area contributed by atoms with Crippen LogP contribution in [-0.4, -0.2) is 12.1 Å². The van der Waals surface area contributed by atoms with Crippen LogP contribution >= 0.6 is 11.3 Å². The molecule has 3 N–H and O–H groups in total. The predicted octanol–water partition coefficient (Wildman–Crippen LogP) is 2.52. The topological polar surface area (TPSA) is 60.2 Å². The lowest BCUT2D eigenvalue weighted by atomic mass is 10.0. The van der Waals surface area contributed by atoms with Crippen LogP contribution in [0.25, 0.3) is 0 Å². The summed E-state index contributed by atoms with van der Waals surface area (Å²) in [6, 6.07) is 6.14. The number of hydrogen-bond acceptors (Lipinski definition) is 5. The Balaban J connectivity index is 2.26. The van der Waals surface area contributed by atoms with Crippen molar-refractivity contribution in [3.05, 3.63) is 45.4 Å². The molecule has 1 aromatic carbocycles. The SMILES string of the molecule is COc1cc(C)ccc1C(Cc1nc(C)cs1)NN. The lowest BCUT2D eigenvalue weighted by Crippen LogP contribution is -2.30. The van der Waals surface area contributed by atoms with Gasteiger partial charge in [-0.05, 0) is 25.5 Å². The Hall–Kier alpha value is -1.43. The summed E-state index contributed by atoms with van der Waals surface area (Å²) in [6.07, 6.45) is 0.758. The monoisotopic (exact) mass is 277 g/mol. The van der Waals surface area contributed by atoms with Gasteiger partial charge in [0.2, 0.25) is 0 Å². The standard InChI is InChI=1S/C14H19N3OS/c1-9-4-5-11(13(6-9)18-3)12(17-15)7-14-16-10(2)8-19-14/h4-6,8,12,17H,7,15H2,1-3H3. The summed E-state index contributed by atoms with van der Waals surface area (Å²) in [4.78, 5) is 4.48. The van der Waals surface area contributed by atoms with Crippen LogP contribution in [0.2, 0.25) is 0 Å². The van der Waals surface area contributed by atoms with E-state index in [-0.39, 0.29) is 6.04 Å². The molecule has 0 aliphatic rings. The second kappa shape index (κ2) is 6.14.